The number of rotatable bonds is 16. The second kappa shape index (κ2) is 24.3. The molecule has 1 aromatic carbocycles. The number of hydrazine groups is 1. The molecule has 4 N–H and O–H groups in total. The van der Waals surface area contributed by atoms with E-state index in [-0.39, 0.29) is 0 Å². The average molecular weight is 553 g/mol. The second-order valence-electron chi connectivity index (χ2n) is 8.70. The lowest BCUT2D eigenvalue weighted by Crippen LogP contribution is -2.22. The molecular weight excluding hydrogens is 500 g/mol. The fourth-order valence-electron chi connectivity index (χ4n) is 3.36. The van der Waals surface area contributed by atoms with Crippen LogP contribution >= 0.6 is 0 Å². The first-order valence-electron chi connectivity index (χ1n) is 14.4. The van der Waals surface area contributed by atoms with Gasteiger partial charge in [0.1, 0.15) is 5.75 Å². The maximum absolute atomic E-state index is 5.94. The highest BCUT2D eigenvalue weighted by Crippen LogP contribution is 2.21. The van der Waals surface area contributed by atoms with Gasteiger partial charge in [0.25, 0.3) is 0 Å². The van der Waals surface area contributed by atoms with Crippen LogP contribution in [0.3, 0.4) is 0 Å². The van der Waals surface area contributed by atoms with Crippen LogP contribution in [-0.4, -0.2) is 33.2 Å². The molecule has 9 heteroatoms. The monoisotopic (exact) mass is 552 g/mol. The van der Waals surface area contributed by atoms with Crippen molar-refractivity contribution in [2.24, 2.45) is 27.7 Å². The van der Waals surface area contributed by atoms with Gasteiger partial charge in [0, 0.05) is 18.1 Å². The highest BCUT2D eigenvalue weighted by molar-refractivity contribution is 5.42. The Labute approximate surface area is 242 Å². The first kappa shape index (κ1) is 36.3. The van der Waals surface area contributed by atoms with E-state index in [9.17, 15) is 0 Å². The first-order valence-corrected chi connectivity index (χ1v) is 14.4. The molecule has 1 unspecified atom stereocenters. The van der Waals surface area contributed by atoms with Crippen LogP contribution in [0.4, 0.5) is 5.69 Å². The molecule has 0 saturated heterocycles. The zero-order valence-corrected chi connectivity index (χ0v) is 25.5. The lowest BCUT2D eigenvalue weighted by atomic mass is 10.0. The normalized spacial score (nSPS) is 12.4. The molecule has 0 aliphatic rings. The first-order chi connectivity index (χ1) is 19.5. The number of azo groups is 1. The Hall–Kier alpha value is -3.72. The summed E-state index contributed by atoms with van der Waals surface area (Å²) in [6, 6.07) is 7.81. The molecule has 0 aliphatic carbocycles. The number of benzene rings is 1. The number of allylic oxidation sites excluding steroid dienone is 4. The van der Waals surface area contributed by atoms with Crippen molar-refractivity contribution in [3.05, 3.63) is 79.6 Å². The number of nitrogens with zero attached hydrogens (tertiary/aromatic N) is 6. The van der Waals surface area contributed by atoms with Gasteiger partial charge >= 0.3 is 0 Å². The van der Waals surface area contributed by atoms with Crippen LogP contribution in [0.5, 0.6) is 5.75 Å². The van der Waals surface area contributed by atoms with Gasteiger partial charge in [-0.15, -0.1) is 0 Å². The quantitative estimate of drug-likeness (QED) is 0.0942. The summed E-state index contributed by atoms with van der Waals surface area (Å²) < 4.78 is 5.94. The highest BCUT2D eigenvalue weighted by atomic mass is 16.5. The molecule has 40 heavy (non-hydrogen) atoms. The summed E-state index contributed by atoms with van der Waals surface area (Å²) in [5.41, 5.74) is 7.87. The minimum Gasteiger partial charge on any atom is -0.493 e. The zero-order chi connectivity index (χ0) is 30.0. The molecule has 2 rings (SSSR count). The van der Waals surface area contributed by atoms with E-state index in [1.807, 2.05) is 51.1 Å². The van der Waals surface area contributed by atoms with Crippen LogP contribution in [0.25, 0.3) is 5.70 Å². The third-order valence-corrected chi connectivity index (χ3v) is 5.66. The predicted octanol–water partition coefficient (Wildman–Crippen LogP) is 8.01. The zero-order valence-electron chi connectivity index (χ0n) is 25.5. The summed E-state index contributed by atoms with van der Waals surface area (Å²) in [5, 5.41) is 18.3. The van der Waals surface area contributed by atoms with Gasteiger partial charge in [0.2, 0.25) is 0 Å². The lowest BCUT2D eigenvalue weighted by molar-refractivity contribution is 0.233. The van der Waals surface area contributed by atoms with Crippen molar-refractivity contribution in [1.29, 1.82) is 0 Å². The third-order valence-electron chi connectivity index (χ3n) is 5.66. The fraction of sp³-hybridized carbons (Fsp3) is 0.484. The smallest absolute Gasteiger partial charge is 0.119 e. The fourth-order valence-corrected chi connectivity index (χ4v) is 3.36. The summed E-state index contributed by atoms with van der Waals surface area (Å²) >= 11 is 0. The molecule has 0 fully saturated rings. The maximum Gasteiger partial charge on any atom is 0.119 e. The maximum atomic E-state index is 5.94. The summed E-state index contributed by atoms with van der Waals surface area (Å²) in [7, 11) is 0. The molecule has 1 atom stereocenters. The summed E-state index contributed by atoms with van der Waals surface area (Å²) in [4.78, 5) is 1.65. The number of aromatic nitrogens is 3. The van der Waals surface area contributed by atoms with Gasteiger partial charge in [-0.25, -0.2) is 5.84 Å². The van der Waals surface area contributed by atoms with Gasteiger partial charge in [-0.2, -0.15) is 25.2 Å². The van der Waals surface area contributed by atoms with E-state index in [4.69, 9.17) is 16.3 Å². The molecule has 1 heterocycles. The largest absolute Gasteiger partial charge is 0.493 e. The van der Waals surface area contributed by atoms with Crippen LogP contribution < -0.4 is 16.3 Å². The molecule has 0 spiro atoms. The van der Waals surface area contributed by atoms with Crippen molar-refractivity contribution in [2.75, 3.05) is 13.2 Å². The third kappa shape index (κ3) is 16.3. The Kier molecular flexibility index (Phi) is 22.1. The van der Waals surface area contributed by atoms with E-state index in [2.05, 4.69) is 47.8 Å². The Morgan fingerprint density at radius 1 is 1.12 bits per heavy atom. The van der Waals surface area contributed by atoms with E-state index < -0.39 is 0 Å². The van der Waals surface area contributed by atoms with E-state index in [0.29, 0.717) is 12.5 Å². The molecule has 0 bridgehead atoms. The standard InChI is InChI=1S/C22H33N5O.C7H13N3.C2H6/c1-4-7-9-19(6-3)18-28-22-12-10-20(11-13-22)26-23-15-14-21(8-5-2)27-24-16-17-25-27;1-3-4-7(2)10(9)6-5-8;1-2/h10-14,16-17,19H,4-9,15,18H2,1-3H3;3-6H,1,8-9H2,2H3;1-2H3/b21-14+,26-23?;6-5-,7-4+;. The highest BCUT2D eigenvalue weighted by Gasteiger charge is 2.07. The van der Waals surface area contributed by atoms with Crippen molar-refractivity contribution in [2.45, 2.75) is 80.1 Å². The lowest BCUT2D eigenvalue weighted by Gasteiger charge is -2.15. The van der Waals surface area contributed by atoms with Crippen LogP contribution in [-0.2, 0) is 0 Å². The Morgan fingerprint density at radius 3 is 2.35 bits per heavy atom. The van der Waals surface area contributed by atoms with E-state index in [1.54, 1.807) is 35.5 Å². The summed E-state index contributed by atoms with van der Waals surface area (Å²) in [6.07, 6.45) is 18.6. The number of hydrogen-bond acceptors (Lipinski definition) is 8. The average Bonchev–Trinajstić information content (AvgIpc) is 3.52. The number of unbranched alkanes of at least 4 members (excludes halogenated alkanes) is 1. The molecular formula is C31H52N8O. The van der Waals surface area contributed by atoms with Gasteiger partial charge in [0.15, 0.2) is 0 Å². The van der Waals surface area contributed by atoms with Crippen molar-refractivity contribution in [3.8, 4) is 5.75 Å². The van der Waals surface area contributed by atoms with Crippen LogP contribution in [0.2, 0.25) is 0 Å². The van der Waals surface area contributed by atoms with Crippen LogP contribution in [0.1, 0.15) is 80.1 Å². The molecule has 2 aromatic rings. The van der Waals surface area contributed by atoms with Crippen LogP contribution in [0.15, 0.2) is 89.8 Å². The number of hydrogen-bond donors (Lipinski definition) is 2. The minimum atomic E-state index is 0.505. The van der Waals surface area contributed by atoms with Gasteiger partial charge in [0.05, 0.1) is 36.9 Å². The molecule has 0 amide bonds. The van der Waals surface area contributed by atoms with E-state index >= 15 is 0 Å². The number of nitrogens with two attached hydrogens (primary N) is 2. The van der Waals surface area contributed by atoms with E-state index in [0.717, 1.165) is 48.7 Å². The molecule has 0 aliphatic heterocycles. The molecule has 0 radical (unpaired) electrons. The van der Waals surface area contributed by atoms with E-state index in [1.165, 1.54) is 30.5 Å². The SMILES string of the molecule is C=C/C=C(\C)N(N)/C=C\N.CC.CCCCC(CC)COc1ccc(N=NC/C=C(\CCC)n2nccn2)cc1. The Morgan fingerprint density at radius 2 is 1.80 bits per heavy atom. The van der Waals surface area contributed by atoms with Crippen LogP contribution in [0, 0.1) is 5.92 Å². The summed E-state index contributed by atoms with van der Waals surface area (Å²) in [5.74, 6) is 6.99. The molecule has 1 aromatic heterocycles. The Balaban J connectivity index is 0.00000107. The molecule has 9 nitrogen and oxygen atoms in total. The van der Waals surface area contributed by atoms with Crippen molar-refractivity contribution in [1.82, 2.24) is 20.0 Å². The molecule has 0 saturated carbocycles. The van der Waals surface area contributed by atoms with Gasteiger partial charge in [-0.3, -0.25) is 5.01 Å². The molecule has 222 valence electrons. The van der Waals surface area contributed by atoms with Gasteiger partial charge in [-0.1, -0.05) is 73.0 Å². The number of ether oxygens (including phenoxy) is 1. The van der Waals surface area contributed by atoms with Crippen molar-refractivity contribution in [3.63, 3.8) is 0 Å². The minimum absolute atomic E-state index is 0.505. The summed E-state index contributed by atoms with van der Waals surface area (Å²) in [6.45, 7) is 17.3. The van der Waals surface area contributed by atoms with Crippen molar-refractivity contribution >= 4 is 11.4 Å². The second-order valence-corrected chi connectivity index (χ2v) is 8.70. The van der Waals surface area contributed by atoms with Gasteiger partial charge < -0.3 is 10.5 Å². The predicted molar refractivity (Wildman–Crippen MR) is 168 cm³/mol. The van der Waals surface area contributed by atoms with Gasteiger partial charge in [-0.05, 0) is 62.1 Å². The Bertz CT molecular complexity index is 995. The topological polar surface area (TPSA) is 120 Å². The van der Waals surface area contributed by atoms with Crippen molar-refractivity contribution < 1.29 is 4.74 Å².